The Kier molecular flexibility index (Phi) is 4.67. The fourth-order valence-electron chi connectivity index (χ4n) is 4.32. The zero-order valence-corrected chi connectivity index (χ0v) is 15.2. The van der Waals surface area contributed by atoms with Crippen molar-refractivity contribution in [3.63, 3.8) is 0 Å². The molecule has 3 aromatic carbocycles. The summed E-state index contributed by atoms with van der Waals surface area (Å²) in [7, 11) is 0. The van der Waals surface area contributed by atoms with E-state index in [9.17, 15) is 9.50 Å². The summed E-state index contributed by atoms with van der Waals surface area (Å²) in [5.74, 6) is 1.46. The predicted octanol–water partition coefficient (Wildman–Crippen LogP) is 7.04. The molecular weight excluding hydrogens is 323 g/mol. The lowest BCUT2D eigenvalue weighted by Gasteiger charge is -2.28. The molecule has 1 nitrogen and oxygen atoms in total. The van der Waals surface area contributed by atoms with Crippen LogP contribution < -0.4 is 0 Å². The van der Waals surface area contributed by atoms with Gasteiger partial charge in [-0.15, -0.1) is 0 Å². The first-order chi connectivity index (χ1) is 12.6. The number of phenolic OH excluding ortho intramolecular Hbond substituents is 1. The maximum absolute atomic E-state index is 14.9. The molecule has 0 aromatic heterocycles. The van der Waals surface area contributed by atoms with Crippen LogP contribution in [0, 0.1) is 11.7 Å². The van der Waals surface area contributed by atoms with Gasteiger partial charge in [0.1, 0.15) is 11.6 Å². The predicted molar refractivity (Wildman–Crippen MR) is 106 cm³/mol. The molecule has 1 N–H and O–H groups in total. The molecule has 1 aliphatic carbocycles. The molecule has 134 valence electrons. The number of rotatable bonds is 3. The minimum absolute atomic E-state index is 0.141. The van der Waals surface area contributed by atoms with E-state index in [1.54, 1.807) is 18.2 Å². The lowest BCUT2D eigenvalue weighted by Crippen LogP contribution is -2.12. The second-order valence-corrected chi connectivity index (χ2v) is 7.61. The molecule has 2 heteroatoms. The Morgan fingerprint density at radius 1 is 0.885 bits per heavy atom. The summed E-state index contributed by atoms with van der Waals surface area (Å²) in [5.41, 5.74) is 2.67. The highest BCUT2D eigenvalue weighted by Gasteiger charge is 2.22. The smallest absolute Gasteiger partial charge is 0.131 e. The van der Waals surface area contributed by atoms with Crippen molar-refractivity contribution in [1.29, 1.82) is 0 Å². The van der Waals surface area contributed by atoms with E-state index in [4.69, 9.17) is 0 Å². The van der Waals surface area contributed by atoms with Gasteiger partial charge < -0.3 is 5.11 Å². The summed E-state index contributed by atoms with van der Waals surface area (Å²) < 4.78 is 14.9. The third-order valence-corrected chi connectivity index (χ3v) is 6.02. The number of hydrogen-bond donors (Lipinski definition) is 1. The van der Waals surface area contributed by atoms with Crippen molar-refractivity contribution in [3.8, 4) is 16.9 Å². The third kappa shape index (κ3) is 3.33. The topological polar surface area (TPSA) is 20.2 Å². The van der Waals surface area contributed by atoms with E-state index in [1.807, 2.05) is 30.3 Å². The lowest BCUT2D eigenvalue weighted by molar-refractivity contribution is 0.318. The Bertz CT molecular complexity index is 923. The summed E-state index contributed by atoms with van der Waals surface area (Å²) in [5, 5.41) is 11.5. The molecule has 4 rings (SSSR count). The lowest BCUT2D eigenvalue weighted by atomic mass is 9.77. The van der Waals surface area contributed by atoms with E-state index in [2.05, 4.69) is 13.0 Å². The van der Waals surface area contributed by atoms with E-state index >= 15 is 0 Å². The maximum atomic E-state index is 14.9. The highest BCUT2D eigenvalue weighted by Crippen LogP contribution is 2.38. The quantitative estimate of drug-likeness (QED) is 0.538. The van der Waals surface area contributed by atoms with Gasteiger partial charge in [0.2, 0.25) is 0 Å². The monoisotopic (exact) mass is 348 g/mol. The summed E-state index contributed by atoms with van der Waals surface area (Å²) in [6.07, 6.45) is 6.15. The molecule has 0 bridgehead atoms. The largest absolute Gasteiger partial charge is 0.508 e. The number of phenols is 1. The van der Waals surface area contributed by atoms with E-state index in [0.717, 1.165) is 27.8 Å². The fraction of sp³-hybridized carbons (Fsp3) is 0.333. The molecule has 26 heavy (non-hydrogen) atoms. The van der Waals surface area contributed by atoms with Crippen molar-refractivity contribution < 1.29 is 9.50 Å². The SMILES string of the molecule is CCC1CCC(c2ccc(-c3ccc4cc(O)ccc4c3)c(F)c2)CC1. The van der Waals surface area contributed by atoms with Crippen molar-refractivity contribution in [2.75, 3.05) is 0 Å². The van der Waals surface area contributed by atoms with Crippen LogP contribution in [-0.4, -0.2) is 5.11 Å². The van der Waals surface area contributed by atoms with Crippen LogP contribution in [0.3, 0.4) is 0 Å². The van der Waals surface area contributed by atoms with Gasteiger partial charge in [0.25, 0.3) is 0 Å². The molecule has 0 heterocycles. The number of hydrogen-bond acceptors (Lipinski definition) is 1. The Labute approximate surface area is 154 Å². The molecule has 1 fully saturated rings. The van der Waals surface area contributed by atoms with Crippen LogP contribution in [0.15, 0.2) is 54.6 Å². The molecule has 1 saturated carbocycles. The molecule has 0 saturated heterocycles. The van der Waals surface area contributed by atoms with Crippen LogP contribution in [0.4, 0.5) is 4.39 Å². The van der Waals surface area contributed by atoms with Crippen molar-refractivity contribution in [2.45, 2.75) is 44.9 Å². The van der Waals surface area contributed by atoms with E-state index in [0.29, 0.717) is 11.5 Å². The van der Waals surface area contributed by atoms with Gasteiger partial charge in [0.15, 0.2) is 0 Å². The number of fused-ring (bicyclic) bond motifs is 1. The van der Waals surface area contributed by atoms with Gasteiger partial charge in [-0.2, -0.15) is 0 Å². The molecule has 0 aliphatic heterocycles. The first-order valence-electron chi connectivity index (χ1n) is 9.66. The summed E-state index contributed by atoms with van der Waals surface area (Å²) in [4.78, 5) is 0. The highest BCUT2D eigenvalue weighted by molar-refractivity contribution is 5.88. The van der Waals surface area contributed by atoms with Crippen LogP contribution in [0.25, 0.3) is 21.9 Å². The Morgan fingerprint density at radius 3 is 2.35 bits per heavy atom. The minimum atomic E-state index is -0.141. The first kappa shape index (κ1) is 17.1. The van der Waals surface area contributed by atoms with E-state index in [1.165, 1.54) is 32.1 Å². The number of benzene rings is 3. The van der Waals surface area contributed by atoms with Gasteiger partial charge in [-0.05, 0) is 83.7 Å². The van der Waals surface area contributed by atoms with Gasteiger partial charge in [-0.1, -0.05) is 43.7 Å². The Hall–Kier alpha value is -2.35. The minimum Gasteiger partial charge on any atom is -0.508 e. The second-order valence-electron chi connectivity index (χ2n) is 7.61. The summed E-state index contributed by atoms with van der Waals surface area (Å²) >= 11 is 0. The van der Waals surface area contributed by atoms with Crippen LogP contribution in [0.2, 0.25) is 0 Å². The van der Waals surface area contributed by atoms with Crippen molar-refractivity contribution in [3.05, 3.63) is 66.0 Å². The van der Waals surface area contributed by atoms with Crippen LogP contribution in [0.5, 0.6) is 5.75 Å². The standard InChI is InChI=1S/C24H25FO/c1-2-16-3-5-17(6-4-16)20-10-12-23(24(25)15-20)21-8-7-19-14-22(26)11-9-18(19)13-21/h7-17,26H,2-6H2,1H3. The molecule has 0 radical (unpaired) electrons. The van der Waals surface area contributed by atoms with Crippen LogP contribution in [-0.2, 0) is 0 Å². The molecule has 0 amide bonds. The van der Waals surface area contributed by atoms with Crippen molar-refractivity contribution in [2.24, 2.45) is 5.92 Å². The van der Waals surface area contributed by atoms with Crippen molar-refractivity contribution in [1.82, 2.24) is 0 Å². The van der Waals surface area contributed by atoms with Crippen LogP contribution >= 0.6 is 0 Å². The second kappa shape index (κ2) is 7.11. The molecule has 0 atom stereocenters. The molecule has 1 aliphatic rings. The Morgan fingerprint density at radius 2 is 1.62 bits per heavy atom. The normalized spacial score (nSPS) is 20.4. The summed E-state index contributed by atoms with van der Waals surface area (Å²) in [6, 6.07) is 16.9. The first-order valence-corrected chi connectivity index (χ1v) is 9.66. The van der Waals surface area contributed by atoms with Gasteiger partial charge in [0, 0.05) is 5.56 Å². The zero-order chi connectivity index (χ0) is 18.1. The van der Waals surface area contributed by atoms with Gasteiger partial charge in [0.05, 0.1) is 0 Å². The van der Waals surface area contributed by atoms with Crippen molar-refractivity contribution >= 4 is 10.8 Å². The van der Waals surface area contributed by atoms with E-state index < -0.39 is 0 Å². The van der Waals surface area contributed by atoms with Gasteiger partial charge in [-0.25, -0.2) is 4.39 Å². The van der Waals surface area contributed by atoms with E-state index in [-0.39, 0.29) is 11.6 Å². The zero-order valence-electron chi connectivity index (χ0n) is 15.2. The molecule has 3 aromatic rings. The molecular formula is C24H25FO. The average Bonchev–Trinajstić information content (AvgIpc) is 2.67. The van der Waals surface area contributed by atoms with Gasteiger partial charge >= 0.3 is 0 Å². The van der Waals surface area contributed by atoms with Crippen LogP contribution in [0.1, 0.15) is 50.5 Å². The third-order valence-electron chi connectivity index (χ3n) is 6.02. The number of halogens is 1. The number of aromatic hydroxyl groups is 1. The summed E-state index contributed by atoms with van der Waals surface area (Å²) in [6.45, 7) is 2.27. The Balaban J connectivity index is 1.61. The fourth-order valence-corrected chi connectivity index (χ4v) is 4.32. The molecule has 0 unspecified atom stereocenters. The highest BCUT2D eigenvalue weighted by atomic mass is 19.1. The molecule has 0 spiro atoms. The average molecular weight is 348 g/mol. The van der Waals surface area contributed by atoms with Gasteiger partial charge in [-0.3, -0.25) is 0 Å². The maximum Gasteiger partial charge on any atom is 0.131 e.